The van der Waals surface area contributed by atoms with Gasteiger partial charge in [-0.15, -0.1) is 0 Å². The Balaban J connectivity index is 1.46. The molecule has 3 amide bonds. The zero-order valence-corrected chi connectivity index (χ0v) is 18.4. The van der Waals surface area contributed by atoms with E-state index < -0.39 is 23.5 Å². The van der Waals surface area contributed by atoms with Crippen molar-refractivity contribution in [3.63, 3.8) is 0 Å². The SMILES string of the molecule is CCc1ccc(NC(=O)C(=O)N/N=C\c2cccc(OCC(=O)Nc3ccc(F)cc3)c2)cc1. The van der Waals surface area contributed by atoms with Gasteiger partial charge in [-0.2, -0.15) is 5.10 Å². The number of rotatable bonds is 8. The second-order valence-electron chi connectivity index (χ2n) is 7.12. The maximum Gasteiger partial charge on any atom is 0.329 e. The lowest BCUT2D eigenvalue weighted by Gasteiger charge is -2.08. The lowest BCUT2D eigenvalue weighted by Crippen LogP contribution is -2.32. The van der Waals surface area contributed by atoms with Gasteiger partial charge < -0.3 is 15.4 Å². The van der Waals surface area contributed by atoms with Gasteiger partial charge in [0.25, 0.3) is 5.91 Å². The predicted molar refractivity (Wildman–Crippen MR) is 127 cm³/mol. The zero-order valence-electron chi connectivity index (χ0n) is 18.4. The lowest BCUT2D eigenvalue weighted by atomic mass is 10.1. The van der Waals surface area contributed by atoms with Gasteiger partial charge in [0.05, 0.1) is 6.21 Å². The molecule has 0 bridgehead atoms. The molecule has 0 saturated heterocycles. The molecule has 3 aromatic carbocycles. The van der Waals surface area contributed by atoms with Gasteiger partial charge in [-0.3, -0.25) is 14.4 Å². The minimum atomic E-state index is -0.916. The molecule has 0 aliphatic rings. The van der Waals surface area contributed by atoms with Gasteiger partial charge in [0.2, 0.25) is 0 Å². The van der Waals surface area contributed by atoms with E-state index in [1.165, 1.54) is 30.5 Å². The van der Waals surface area contributed by atoms with E-state index in [1.54, 1.807) is 36.4 Å². The topological polar surface area (TPSA) is 109 Å². The molecule has 34 heavy (non-hydrogen) atoms. The van der Waals surface area contributed by atoms with Gasteiger partial charge in [-0.05, 0) is 66.1 Å². The van der Waals surface area contributed by atoms with Crippen molar-refractivity contribution >= 4 is 35.3 Å². The van der Waals surface area contributed by atoms with E-state index in [4.69, 9.17) is 4.74 Å². The molecular weight excluding hydrogens is 439 g/mol. The molecule has 3 rings (SSSR count). The van der Waals surface area contributed by atoms with E-state index in [9.17, 15) is 18.8 Å². The molecule has 9 heteroatoms. The molecule has 174 valence electrons. The van der Waals surface area contributed by atoms with E-state index in [1.807, 2.05) is 19.1 Å². The zero-order chi connectivity index (χ0) is 24.3. The third-order valence-corrected chi connectivity index (χ3v) is 4.56. The lowest BCUT2D eigenvalue weighted by molar-refractivity contribution is -0.136. The average molecular weight is 462 g/mol. The molecule has 0 aliphatic carbocycles. The maximum absolute atomic E-state index is 12.9. The van der Waals surface area contributed by atoms with Crippen molar-refractivity contribution < 1.29 is 23.5 Å². The molecule has 0 spiro atoms. The molecule has 3 N–H and O–H groups in total. The number of carbonyl (C=O) groups excluding carboxylic acids is 3. The van der Waals surface area contributed by atoms with E-state index in [2.05, 4.69) is 21.2 Å². The quantitative estimate of drug-likeness (QED) is 0.270. The Hall–Kier alpha value is -4.53. The molecule has 0 fully saturated rings. The molecule has 8 nitrogen and oxygen atoms in total. The fourth-order valence-corrected chi connectivity index (χ4v) is 2.79. The number of aryl methyl sites for hydroxylation is 1. The van der Waals surface area contributed by atoms with Crippen molar-refractivity contribution in [3.05, 3.63) is 89.7 Å². The Bertz CT molecular complexity index is 1180. The maximum atomic E-state index is 12.9. The first kappa shape index (κ1) is 24.1. The first-order valence-corrected chi connectivity index (χ1v) is 10.4. The fourth-order valence-electron chi connectivity index (χ4n) is 2.79. The highest BCUT2D eigenvalue weighted by Crippen LogP contribution is 2.13. The second-order valence-corrected chi connectivity index (χ2v) is 7.12. The Morgan fingerprint density at radius 2 is 1.59 bits per heavy atom. The number of hydrazone groups is 1. The minimum Gasteiger partial charge on any atom is -0.484 e. The number of ether oxygens (including phenoxy) is 1. The predicted octanol–water partition coefficient (Wildman–Crippen LogP) is 3.49. The van der Waals surface area contributed by atoms with Crippen LogP contribution < -0.4 is 20.8 Å². The highest BCUT2D eigenvalue weighted by Gasteiger charge is 2.12. The first-order chi connectivity index (χ1) is 16.4. The van der Waals surface area contributed by atoms with Crippen LogP contribution in [0.5, 0.6) is 5.75 Å². The number of anilines is 2. The largest absolute Gasteiger partial charge is 0.484 e. The Labute approximate surface area is 195 Å². The monoisotopic (exact) mass is 462 g/mol. The standard InChI is InChI=1S/C25H23FN4O4/c1-2-17-6-10-21(11-7-17)29-24(32)25(33)30-27-15-18-4-3-5-22(14-18)34-16-23(31)28-20-12-8-19(26)9-13-20/h3-15H,2,16H2,1H3,(H,28,31)(H,29,32)(H,30,33)/b27-15-. The number of nitrogens with zero attached hydrogens (tertiary/aromatic N) is 1. The molecule has 3 aromatic rings. The van der Waals surface area contributed by atoms with Gasteiger partial charge >= 0.3 is 11.8 Å². The van der Waals surface area contributed by atoms with E-state index in [0.29, 0.717) is 22.7 Å². The van der Waals surface area contributed by atoms with Gasteiger partial charge in [0, 0.05) is 11.4 Å². The molecule has 0 heterocycles. The van der Waals surface area contributed by atoms with Crippen LogP contribution in [0.3, 0.4) is 0 Å². The number of hydrogen-bond donors (Lipinski definition) is 3. The van der Waals surface area contributed by atoms with Crippen molar-refractivity contribution in [2.75, 3.05) is 17.2 Å². The van der Waals surface area contributed by atoms with Gasteiger partial charge in [0.15, 0.2) is 6.61 Å². The average Bonchev–Trinajstić information content (AvgIpc) is 2.85. The van der Waals surface area contributed by atoms with Crippen LogP contribution in [-0.2, 0) is 20.8 Å². The summed E-state index contributed by atoms with van der Waals surface area (Å²) in [7, 11) is 0. The van der Waals surface area contributed by atoms with Crippen molar-refractivity contribution in [1.82, 2.24) is 5.43 Å². The number of amides is 3. The summed E-state index contributed by atoms with van der Waals surface area (Å²) in [4.78, 5) is 35.9. The first-order valence-electron chi connectivity index (χ1n) is 10.4. The van der Waals surface area contributed by atoms with Crippen LogP contribution in [0.1, 0.15) is 18.1 Å². The second kappa shape index (κ2) is 11.9. The van der Waals surface area contributed by atoms with E-state index >= 15 is 0 Å². The molecule has 0 aromatic heterocycles. The Morgan fingerprint density at radius 1 is 0.912 bits per heavy atom. The van der Waals surface area contributed by atoms with Gasteiger partial charge in [-0.1, -0.05) is 31.2 Å². The number of carbonyl (C=O) groups is 3. The highest BCUT2D eigenvalue weighted by atomic mass is 19.1. The molecule has 0 radical (unpaired) electrons. The number of hydrogen-bond acceptors (Lipinski definition) is 5. The third-order valence-electron chi connectivity index (χ3n) is 4.56. The number of nitrogens with one attached hydrogen (secondary N) is 3. The van der Waals surface area contributed by atoms with Crippen molar-refractivity contribution in [2.45, 2.75) is 13.3 Å². The van der Waals surface area contributed by atoms with Gasteiger partial charge in [0.1, 0.15) is 11.6 Å². The van der Waals surface area contributed by atoms with E-state index in [-0.39, 0.29) is 6.61 Å². The summed E-state index contributed by atoms with van der Waals surface area (Å²) in [6.45, 7) is 1.77. The van der Waals surface area contributed by atoms with Crippen LogP contribution in [0.15, 0.2) is 77.9 Å². The Morgan fingerprint density at radius 3 is 2.29 bits per heavy atom. The summed E-state index contributed by atoms with van der Waals surface area (Å²) >= 11 is 0. The molecular formula is C25H23FN4O4. The summed E-state index contributed by atoms with van der Waals surface area (Å²) in [6, 6.07) is 19.2. The molecule has 0 aliphatic heterocycles. The number of benzene rings is 3. The number of halogens is 1. The van der Waals surface area contributed by atoms with Crippen LogP contribution in [0.2, 0.25) is 0 Å². The van der Waals surface area contributed by atoms with Crippen molar-refractivity contribution in [3.8, 4) is 5.75 Å². The van der Waals surface area contributed by atoms with Crippen LogP contribution in [0.25, 0.3) is 0 Å². The normalized spacial score (nSPS) is 10.5. The summed E-state index contributed by atoms with van der Waals surface area (Å²) in [5, 5.41) is 8.87. The minimum absolute atomic E-state index is 0.256. The van der Waals surface area contributed by atoms with E-state index in [0.717, 1.165) is 12.0 Å². The summed E-state index contributed by atoms with van der Waals surface area (Å²) in [5.41, 5.74) is 4.82. The Kier molecular flexibility index (Phi) is 8.45. The highest BCUT2D eigenvalue weighted by molar-refractivity contribution is 6.39. The smallest absolute Gasteiger partial charge is 0.329 e. The van der Waals surface area contributed by atoms with Gasteiger partial charge in [-0.25, -0.2) is 9.82 Å². The van der Waals surface area contributed by atoms with Crippen molar-refractivity contribution in [1.29, 1.82) is 0 Å². The fraction of sp³-hybridized carbons (Fsp3) is 0.120. The van der Waals surface area contributed by atoms with Crippen LogP contribution in [0.4, 0.5) is 15.8 Å². The molecule has 0 saturated carbocycles. The summed E-state index contributed by atoms with van der Waals surface area (Å²) < 4.78 is 18.4. The third kappa shape index (κ3) is 7.56. The summed E-state index contributed by atoms with van der Waals surface area (Å²) in [5.74, 6) is -2.16. The van der Waals surface area contributed by atoms with Crippen LogP contribution in [-0.4, -0.2) is 30.5 Å². The molecule has 0 unspecified atom stereocenters. The molecule has 0 atom stereocenters. The van der Waals surface area contributed by atoms with Crippen LogP contribution in [0, 0.1) is 5.82 Å². The summed E-state index contributed by atoms with van der Waals surface area (Å²) in [6.07, 6.45) is 2.21. The van der Waals surface area contributed by atoms with Crippen LogP contribution >= 0.6 is 0 Å². The van der Waals surface area contributed by atoms with Crippen molar-refractivity contribution in [2.24, 2.45) is 5.10 Å².